The van der Waals surface area contributed by atoms with Gasteiger partial charge in [0.15, 0.2) is 11.5 Å². The van der Waals surface area contributed by atoms with Gasteiger partial charge in [0, 0.05) is 16.3 Å². The molecule has 2 aromatic heterocycles. The Kier molecular flexibility index (Phi) is 3.96. The lowest BCUT2D eigenvalue weighted by molar-refractivity contribution is 0.340. The Bertz CT molecular complexity index is 1060. The van der Waals surface area contributed by atoms with Crippen LogP contribution in [0.4, 0.5) is 5.82 Å². The van der Waals surface area contributed by atoms with Gasteiger partial charge in [-0.1, -0.05) is 36.4 Å². The molecule has 0 saturated heterocycles. The predicted molar refractivity (Wildman–Crippen MR) is 97.1 cm³/mol. The number of hydrogen-bond donors (Lipinski definition) is 1. The van der Waals surface area contributed by atoms with Gasteiger partial charge >= 0.3 is 0 Å². The molecule has 25 heavy (non-hydrogen) atoms. The summed E-state index contributed by atoms with van der Waals surface area (Å²) in [5.74, 6) is 1.43. The van der Waals surface area contributed by atoms with E-state index in [4.69, 9.17) is 4.74 Å². The number of para-hydroxylation sites is 1. The zero-order chi connectivity index (χ0) is 17.1. The number of benzene rings is 2. The third kappa shape index (κ3) is 2.87. The largest absolute Gasteiger partial charge is 0.493 e. The minimum Gasteiger partial charge on any atom is -0.493 e. The second kappa shape index (κ2) is 6.56. The summed E-state index contributed by atoms with van der Waals surface area (Å²) in [6.45, 7) is 2.56. The quantitative estimate of drug-likeness (QED) is 0.449. The van der Waals surface area contributed by atoms with Crippen LogP contribution < -0.4 is 10.2 Å². The van der Waals surface area contributed by atoms with Crippen molar-refractivity contribution in [3.8, 4) is 5.75 Å². The molecule has 2 aromatic carbocycles. The number of ether oxygens (including phenoxy) is 1. The van der Waals surface area contributed by atoms with Crippen LogP contribution >= 0.6 is 0 Å². The van der Waals surface area contributed by atoms with Crippen molar-refractivity contribution in [2.45, 2.75) is 6.92 Å². The lowest BCUT2D eigenvalue weighted by atomic mass is 10.2. The molecular formula is C18H16N6O. The SMILES string of the molecule is CCOc1ccccc1/C=N\Nc1nn2cnnc2c2ccccc12. The molecule has 124 valence electrons. The average Bonchev–Trinajstić information content (AvgIpc) is 3.12. The Labute approximate surface area is 144 Å². The van der Waals surface area contributed by atoms with Crippen LogP contribution in [0.1, 0.15) is 12.5 Å². The molecule has 4 rings (SSSR count). The first-order valence-electron chi connectivity index (χ1n) is 7.96. The van der Waals surface area contributed by atoms with Gasteiger partial charge in [-0.25, -0.2) is 0 Å². The number of nitrogens with zero attached hydrogens (tertiary/aromatic N) is 5. The smallest absolute Gasteiger partial charge is 0.185 e. The average molecular weight is 332 g/mol. The third-order valence-electron chi connectivity index (χ3n) is 3.75. The molecule has 7 nitrogen and oxygen atoms in total. The standard InChI is InChI=1S/C18H16N6O/c1-2-25-16-10-6-3-7-13(16)11-19-21-17-14-8-4-5-9-15(14)18-22-20-12-24(18)23-17/h3-12H,2H2,1H3,(H,21,23)/b19-11-. The van der Waals surface area contributed by atoms with Crippen molar-refractivity contribution in [2.24, 2.45) is 5.10 Å². The normalized spacial score (nSPS) is 11.4. The van der Waals surface area contributed by atoms with Crippen molar-refractivity contribution in [2.75, 3.05) is 12.0 Å². The van der Waals surface area contributed by atoms with Gasteiger partial charge in [-0.2, -0.15) is 9.62 Å². The third-order valence-corrected chi connectivity index (χ3v) is 3.75. The first-order valence-corrected chi connectivity index (χ1v) is 7.96. The van der Waals surface area contributed by atoms with Gasteiger partial charge in [0.1, 0.15) is 12.1 Å². The van der Waals surface area contributed by atoms with Gasteiger partial charge in [0.25, 0.3) is 0 Å². The van der Waals surface area contributed by atoms with E-state index in [-0.39, 0.29) is 0 Å². The van der Waals surface area contributed by atoms with Gasteiger partial charge in [-0.15, -0.1) is 15.3 Å². The van der Waals surface area contributed by atoms with E-state index < -0.39 is 0 Å². The number of aromatic nitrogens is 4. The second-order valence-electron chi connectivity index (χ2n) is 5.33. The number of nitrogens with one attached hydrogen (secondary N) is 1. The Morgan fingerprint density at radius 2 is 1.92 bits per heavy atom. The number of rotatable bonds is 5. The molecular weight excluding hydrogens is 316 g/mol. The summed E-state index contributed by atoms with van der Waals surface area (Å²) < 4.78 is 7.24. The molecule has 0 radical (unpaired) electrons. The van der Waals surface area contributed by atoms with E-state index in [9.17, 15) is 0 Å². The Balaban J connectivity index is 1.69. The van der Waals surface area contributed by atoms with E-state index in [2.05, 4.69) is 25.8 Å². The monoisotopic (exact) mass is 332 g/mol. The Hall–Kier alpha value is -3.48. The van der Waals surface area contributed by atoms with Crippen LogP contribution in [0.2, 0.25) is 0 Å². The van der Waals surface area contributed by atoms with Crippen LogP contribution in [0, 0.1) is 0 Å². The Morgan fingerprint density at radius 1 is 1.12 bits per heavy atom. The summed E-state index contributed by atoms with van der Waals surface area (Å²) in [4.78, 5) is 0. The van der Waals surface area contributed by atoms with Crippen LogP contribution in [0.3, 0.4) is 0 Å². The molecule has 0 amide bonds. The van der Waals surface area contributed by atoms with Gasteiger partial charge in [-0.05, 0) is 19.1 Å². The summed E-state index contributed by atoms with van der Waals surface area (Å²) in [6, 6.07) is 15.6. The van der Waals surface area contributed by atoms with Crippen molar-refractivity contribution in [3.05, 3.63) is 60.4 Å². The van der Waals surface area contributed by atoms with Gasteiger partial charge in [0.2, 0.25) is 0 Å². The summed E-state index contributed by atoms with van der Waals surface area (Å²) in [6.07, 6.45) is 3.29. The van der Waals surface area contributed by atoms with Crippen LogP contribution in [-0.4, -0.2) is 32.6 Å². The van der Waals surface area contributed by atoms with Gasteiger partial charge < -0.3 is 4.74 Å². The van der Waals surface area contributed by atoms with Crippen molar-refractivity contribution >= 4 is 28.5 Å². The van der Waals surface area contributed by atoms with Gasteiger partial charge in [-0.3, -0.25) is 5.43 Å². The van der Waals surface area contributed by atoms with Crippen molar-refractivity contribution in [1.82, 2.24) is 19.8 Å². The van der Waals surface area contributed by atoms with Crippen LogP contribution in [0.25, 0.3) is 16.4 Å². The fraction of sp³-hybridized carbons (Fsp3) is 0.111. The molecule has 0 aliphatic rings. The van der Waals surface area contributed by atoms with Crippen LogP contribution in [0.5, 0.6) is 5.75 Å². The number of fused-ring (bicyclic) bond motifs is 3. The molecule has 0 fully saturated rings. The van der Waals surface area contributed by atoms with Crippen molar-refractivity contribution in [3.63, 3.8) is 0 Å². The van der Waals surface area contributed by atoms with Crippen molar-refractivity contribution < 1.29 is 4.74 Å². The van der Waals surface area contributed by atoms with E-state index in [0.717, 1.165) is 22.1 Å². The first kappa shape index (κ1) is 15.1. The summed E-state index contributed by atoms with van der Waals surface area (Å²) >= 11 is 0. The molecule has 0 spiro atoms. The summed E-state index contributed by atoms with van der Waals surface area (Å²) in [7, 11) is 0. The predicted octanol–water partition coefficient (Wildman–Crippen LogP) is 3.12. The highest BCUT2D eigenvalue weighted by Crippen LogP contribution is 2.24. The Morgan fingerprint density at radius 3 is 2.80 bits per heavy atom. The minimum absolute atomic E-state index is 0.606. The zero-order valence-electron chi connectivity index (χ0n) is 13.6. The number of hydrazone groups is 1. The second-order valence-corrected chi connectivity index (χ2v) is 5.33. The molecule has 0 saturated carbocycles. The van der Waals surface area contributed by atoms with Crippen LogP contribution in [0.15, 0.2) is 60.0 Å². The molecule has 0 bridgehead atoms. The van der Waals surface area contributed by atoms with E-state index in [1.165, 1.54) is 0 Å². The first-order chi connectivity index (χ1) is 12.4. The summed E-state index contributed by atoms with van der Waals surface area (Å²) in [5.41, 5.74) is 4.62. The number of anilines is 1. The fourth-order valence-corrected chi connectivity index (χ4v) is 2.65. The molecule has 0 aliphatic carbocycles. The summed E-state index contributed by atoms with van der Waals surface area (Å²) in [5, 5.41) is 18.7. The highest BCUT2D eigenvalue weighted by Gasteiger charge is 2.09. The van der Waals surface area contributed by atoms with E-state index >= 15 is 0 Å². The van der Waals surface area contributed by atoms with Gasteiger partial charge in [0.05, 0.1) is 12.8 Å². The van der Waals surface area contributed by atoms with E-state index in [1.807, 2.05) is 55.5 Å². The zero-order valence-corrected chi connectivity index (χ0v) is 13.6. The highest BCUT2D eigenvalue weighted by molar-refractivity contribution is 6.00. The van der Waals surface area contributed by atoms with E-state index in [0.29, 0.717) is 18.1 Å². The lowest BCUT2D eigenvalue weighted by Gasteiger charge is -2.07. The van der Waals surface area contributed by atoms with Crippen LogP contribution in [-0.2, 0) is 0 Å². The van der Waals surface area contributed by atoms with Crippen molar-refractivity contribution in [1.29, 1.82) is 0 Å². The maximum Gasteiger partial charge on any atom is 0.185 e. The van der Waals surface area contributed by atoms with E-state index in [1.54, 1.807) is 17.1 Å². The molecule has 0 aliphatic heterocycles. The fourth-order valence-electron chi connectivity index (χ4n) is 2.65. The molecule has 2 heterocycles. The topological polar surface area (TPSA) is 76.7 Å². The molecule has 1 N–H and O–H groups in total. The maximum absolute atomic E-state index is 5.60. The molecule has 4 aromatic rings. The lowest BCUT2D eigenvalue weighted by Crippen LogP contribution is -2.01. The number of hydrogen-bond acceptors (Lipinski definition) is 6. The highest BCUT2D eigenvalue weighted by atomic mass is 16.5. The minimum atomic E-state index is 0.606. The molecule has 0 unspecified atom stereocenters. The molecule has 0 atom stereocenters. The maximum atomic E-state index is 5.60. The molecule has 7 heteroatoms.